The first-order valence-electron chi connectivity index (χ1n) is 7.58. The van der Waals surface area contributed by atoms with Crippen LogP contribution in [-0.4, -0.2) is 47.2 Å². The van der Waals surface area contributed by atoms with Gasteiger partial charge in [-0.2, -0.15) is 0 Å². The molecular formula is C15H30N2O2. The lowest BCUT2D eigenvalue weighted by atomic mass is 9.91. The molecule has 0 aromatic rings. The molecule has 1 unspecified atom stereocenters. The third-order valence-electron chi connectivity index (χ3n) is 3.89. The van der Waals surface area contributed by atoms with Gasteiger partial charge in [0.05, 0.1) is 12.1 Å². The van der Waals surface area contributed by atoms with E-state index < -0.39 is 5.60 Å². The number of hydrogen-bond donors (Lipinski definition) is 2. The highest BCUT2D eigenvalue weighted by Gasteiger charge is 2.39. The molecule has 1 aliphatic heterocycles. The lowest BCUT2D eigenvalue weighted by Gasteiger charge is -2.45. The van der Waals surface area contributed by atoms with Gasteiger partial charge < -0.3 is 10.4 Å². The third kappa shape index (κ3) is 5.91. The molecule has 1 atom stereocenters. The van der Waals surface area contributed by atoms with Crippen molar-refractivity contribution in [2.75, 3.05) is 19.6 Å². The SMILES string of the molecule is CCC1(O)CN(CC(=O)NC(C)CCCC(C)C)C1. The van der Waals surface area contributed by atoms with Crippen LogP contribution >= 0.6 is 0 Å². The normalized spacial score (nSPS) is 20.1. The van der Waals surface area contributed by atoms with E-state index in [0.717, 1.165) is 18.8 Å². The molecule has 112 valence electrons. The van der Waals surface area contributed by atoms with Crippen molar-refractivity contribution in [2.45, 2.75) is 65.0 Å². The Labute approximate surface area is 117 Å². The number of nitrogens with zero attached hydrogens (tertiary/aromatic N) is 1. The highest BCUT2D eigenvalue weighted by molar-refractivity contribution is 5.78. The van der Waals surface area contributed by atoms with E-state index in [-0.39, 0.29) is 11.9 Å². The average molecular weight is 270 g/mol. The monoisotopic (exact) mass is 270 g/mol. The van der Waals surface area contributed by atoms with Crippen LogP contribution in [0.1, 0.15) is 53.4 Å². The molecule has 4 nitrogen and oxygen atoms in total. The first-order chi connectivity index (χ1) is 8.84. The predicted molar refractivity (Wildman–Crippen MR) is 78.0 cm³/mol. The zero-order valence-electron chi connectivity index (χ0n) is 12.9. The number of carbonyl (C=O) groups is 1. The zero-order valence-corrected chi connectivity index (χ0v) is 12.9. The minimum Gasteiger partial charge on any atom is -0.387 e. The van der Waals surface area contributed by atoms with E-state index in [2.05, 4.69) is 26.1 Å². The molecule has 1 saturated heterocycles. The molecule has 4 heteroatoms. The second-order valence-corrected chi connectivity index (χ2v) is 6.52. The molecule has 2 N–H and O–H groups in total. The fourth-order valence-electron chi connectivity index (χ4n) is 2.55. The molecule has 1 amide bonds. The number of β-amino-alcohol motifs (C(OH)–C–C–N with tert-alkyl or cyclic N) is 1. The number of aliphatic hydroxyl groups is 1. The van der Waals surface area contributed by atoms with Crippen molar-refractivity contribution in [3.63, 3.8) is 0 Å². The van der Waals surface area contributed by atoms with Gasteiger partial charge in [-0.25, -0.2) is 0 Å². The van der Waals surface area contributed by atoms with Gasteiger partial charge in [0.2, 0.25) is 5.91 Å². The van der Waals surface area contributed by atoms with Gasteiger partial charge in [0.25, 0.3) is 0 Å². The quantitative estimate of drug-likeness (QED) is 0.707. The van der Waals surface area contributed by atoms with Crippen molar-refractivity contribution < 1.29 is 9.90 Å². The molecule has 0 bridgehead atoms. The van der Waals surface area contributed by atoms with Crippen LogP contribution in [0.4, 0.5) is 0 Å². The van der Waals surface area contributed by atoms with Crippen molar-refractivity contribution in [2.24, 2.45) is 5.92 Å². The first kappa shape index (κ1) is 16.4. The Hall–Kier alpha value is -0.610. The highest BCUT2D eigenvalue weighted by Crippen LogP contribution is 2.23. The highest BCUT2D eigenvalue weighted by atomic mass is 16.3. The summed E-state index contributed by atoms with van der Waals surface area (Å²) in [4.78, 5) is 13.8. The lowest BCUT2D eigenvalue weighted by Crippen LogP contribution is -2.63. The van der Waals surface area contributed by atoms with E-state index >= 15 is 0 Å². The largest absolute Gasteiger partial charge is 0.387 e. The van der Waals surface area contributed by atoms with Gasteiger partial charge in [-0.15, -0.1) is 0 Å². The van der Waals surface area contributed by atoms with Crippen molar-refractivity contribution in [3.05, 3.63) is 0 Å². The Balaban J connectivity index is 2.11. The standard InChI is InChI=1S/C15H30N2O2/c1-5-15(19)10-17(11-15)9-14(18)16-13(4)8-6-7-12(2)3/h12-13,19H,5-11H2,1-4H3,(H,16,18). The summed E-state index contributed by atoms with van der Waals surface area (Å²) in [7, 11) is 0. The van der Waals surface area contributed by atoms with Crippen LogP contribution in [-0.2, 0) is 4.79 Å². The van der Waals surface area contributed by atoms with E-state index in [9.17, 15) is 9.90 Å². The molecule has 0 aliphatic carbocycles. The van der Waals surface area contributed by atoms with Gasteiger partial charge in [-0.3, -0.25) is 9.69 Å². The van der Waals surface area contributed by atoms with E-state index in [0.29, 0.717) is 19.6 Å². The topological polar surface area (TPSA) is 52.6 Å². The molecule has 0 aromatic heterocycles. The average Bonchev–Trinajstić information content (AvgIpc) is 2.25. The Morgan fingerprint density at radius 1 is 1.32 bits per heavy atom. The van der Waals surface area contributed by atoms with E-state index in [1.807, 2.05) is 11.8 Å². The minimum atomic E-state index is -0.552. The molecule has 0 spiro atoms. The van der Waals surface area contributed by atoms with Gasteiger partial charge in [0.15, 0.2) is 0 Å². The smallest absolute Gasteiger partial charge is 0.234 e. The molecule has 0 aromatic carbocycles. The Bertz CT molecular complexity index is 286. The summed E-state index contributed by atoms with van der Waals surface area (Å²) in [5.41, 5.74) is -0.552. The third-order valence-corrected chi connectivity index (χ3v) is 3.89. The molecule has 19 heavy (non-hydrogen) atoms. The van der Waals surface area contributed by atoms with Crippen LogP contribution in [0.2, 0.25) is 0 Å². The summed E-state index contributed by atoms with van der Waals surface area (Å²) in [6.45, 7) is 10.2. The van der Waals surface area contributed by atoms with Crippen LogP contribution in [0, 0.1) is 5.92 Å². The van der Waals surface area contributed by atoms with Crippen LogP contribution < -0.4 is 5.32 Å². The Kier molecular flexibility index (Phi) is 6.27. The maximum atomic E-state index is 11.8. The first-order valence-corrected chi connectivity index (χ1v) is 7.58. The number of carbonyl (C=O) groups excluding carboxylic acids is 1. The van der Waals surface area contributed by atoms with Crippen molar-refractivity contribution in [1.82, 2.24) is 10.2 Å². The van der Waals surface area contributed by atoms with Crippen molar-refractivity contribution >= 4 is 5.91 Å². The van der Waals surface area contributed by atoms with E-state index in [1.165, 1.54) is 12.8 Å². The van der Waals surface area contributed by atoms with Crippen LogP contribution in [0.3, 0.4) is 0 Å². The van der Waals surface area contributed by atoms with Crippen LogP contribution in [0.5, 0.6) is 0 Å². The van der Waals surface area contributed by atoms with E-state index in [4.69, 9.17) is 0 Å². The molecular weight excluding hydrogens is 240 g/mol. The van der Waals surface area contributed by atoms with Gasteiger partial charge >= 0.3 is 0 Å². The maximum absolute atomic E-state index is 11.8. The molecule has 0 radical (unpaired) electrons. The molecule has 1 heterocycles. The van der Waals surface area contributed by atoms with Crippen molar-refractivity contribution in [3.8, 4) is 0 Å². The second kappa shape index (κ2) is 7.25. The molecule has 1 aliphatic rings. The maximum Gasteiger partial charge on any atom is 0.234 e. The zero-order chi connectivity index (χ0) is 14.5. The second-order valence-electron chi connectivity index (χ2n) is 6.52. The molecule has 0 saturated carbocycles. The summed E-state index contributed by atoms with van der Waals surface area (Å²) in [5, 5.41) is 12.9. The van der Waals surface area contributed by atoms with Crippen molar-refractivity contribution in [1.29, 1.82) is 0 Å². The predicted octanol–water partition coefficient (Wildman–Crippen LogP) is 1.77. The summed E-state index contributed by atoms with van der Waals surface area (Å²) in [5.74, 6) is 0.811. The number of hydrogen-bond acceptors (Lipinski definition) is 3. The summed E-state index contributed by atoms with van der Waals surface area (Å²) < 4.78 is 0. The Morgan fingerprint density at radius 2 is 1.95 bits per heavy atom. The van der Waals surface area contributed by atoms with E-state index in [1.54, 1.807) is 0 Å². The van der Waals surface area contributed by atoms with Gasteiger partial charge in [-0.05, 0) is 25.7 Å². The fourth-order valence-corrected chi connectivity index (χ4v) is 2.55. The van der Waals surface area contributed by atoms with Gasteiger partial charge in [-0.1, -0.05) is 33.6 Å². The lowest BCUT2D eigenvalue weighted by molar-refractivity contribution is -0.133. The molecule has 1 fully saturated rings. The number of rotatable bonds is 8. The Morgan fingerprint density at radius 3 is 2.47 bits per heavy atom. The fraction of sp³-hybridized carbons (Fsp3) is 0.933. The number of amides is 1. The molecule has 1 rings (SSSR count). The number of likely N-dealkylation sites (tertiary alicyclic amines) is 1. The van der Waals surface area contributed by atoms with Gasteiger partial charge in [0.1, 0.15) is 0 Å². The van der Waals surface area contributed by atoms with Crippen LogP contribution in [0.15, 0.2) is 0 Å². The van der Waals surface area contributed by atoms with Gasteiger partial charge in [0, 0.05) is 19.1 Å². The number of nitrogens with one attached hydrogen (secondary N) is 1. The van der Waals surface area contributed by atoms with Crippen LogP contribution in [0.25, 0.3) is 0 Å². The minimum absolute atomic E-state index is 0.0789. The summed E-state index contributed by atoms with van der Waals surface area (Å²) in [6, 6.07) is 0.248. The summed E-state index contributed by atoms with van der Waals surface area (Å²) in [6.07, 6.45) is 4.19. The summed E-state index contributed by atoms with van der Waals surface area (Å²) >= 11 is 0.